The van der Waals surface area contributed by atoms with Crippen LogP contribution in [0.1, 0.15) is 5.56 Å². The van der Waals surface area contributed by atoms with E-state index in [1.165, 1.54) is 6.08 Å². The first kappa shape index (κ1) is 8.75. The number of rotatable bonds is 1. The Kier molecular flexibility index (Phi) is 3.09. The SMILES string of the molecule is F/C(Br)=C\c1ccccc1Cl. The number of hydrogen-bond acceptors (Lipinski definition) is 0. The van der Waals surface area contributed by atoms with Gasteiger partial charge in [-0.15, -0.1) is 0 Å². The third-order valence-corrected chi connectivity index (χ3v) is 1.74. The monoisotopic (exact) mass is 234 g/mol. The van der Waals surface area contributed by atoms with Gasteiger partial charge in [0.25, 0.3) is 0 Å². The van der Waals surface area contributed by atoms with Crippen LogP contribution in [0.5, 0.6) is 0 Å². The molecule has 0 amide bonds. The summed E-state index contributed by atoms with van der Waals surface area (Å²) in [5.41, 5.74) is 0.670. The number of hydrogen-bond donors (Lipinski definition) is 0. The maximum absolute atomic E-state index is 12.3. The lowest BCUT2D eigenvalue weighted by molar-refractivity contribution is 0.712. The van der Waals surface area contributed by atoms with Gasteiger partial charge in [0.05, 0.1) is 0 Å². The Morgan fingerprint density at radius 1 is 1.45 bits per heavy atom. The average Bonchev–Trinajstić information content (AvgIpc) is 1.93. The maximum atomic E-state index is 12.3. The Labute approximate surface area is 77.8 Å². The molecule has 0 N–H and O–H groups in total. The van der Waals surface area contributed by atoms with Crippen LogP contribution in [0.25, 0.3) is 6.08 Å². The molecule has 1 aromatic carbocycles. The van der Waals surface area contributed by atoms with Gasteiger partial charge in [-0.2, -0.15) is 4.39 Å². The van der Waals surface area contributed by atoms with Crippen LogP contribution >= 0.6 is 27.5 Å². The van der Waals surface area contributed by atoms with Crippen molar-refractivity contribution in [2.75, 3.05) is 0 Å². The summed E-state index contributed by atoms with van der Waals surface area (Å²) in [6, 6.07) is 7.05. The van der Waals surface area contributed by atoms with Crippen molar-refractivity contribution < 1.29 is 4.39 Å². The van der Waals surface area contributed by atoms with Crippen molar-refractivity contribution in [2.24, 2.45) is 0 Å². The molecule has 0 atom stereocenters. The van der Waals surface area contributed by atoms with E-state index >= 15 is 0 Å². The van der Waals surface area contributed by atoms with Gasteiger partial charge in [0.15, 0.2) is 4.74 Å². The molecular weight excluding hydrogens is 230 g/mol. The smallest absolute Gasteiger partial charge is 0.166 e. The van der Waals surface area contributed by atoms with Gasteiger partial charge in [0.1, 0.15) is 0 Å². The maximum Gasteiger partial charge on any atom is 0.166 e. The van der Waals surface area contributed by atoms with Crippen molar-refractivity contribution in [3.8, 4) is 0 Å². The van der Waals surface area contributed by atoms with Crippen molar-refractivity contribution in [3.63, 3.8) is 0 Å². The molecule has 0 fully saturated rings. The van der Waals surface area contributed by atoms with Crippen LogP contribution in [0.2, 0.25) is 5.02 Å². The summed E-state index contributed by atoms with van der Waals surface area (Å²) in [6.45, 7) is 0. The van der Waals surface area contributed by atoms with E-state index < -0.39 is 4.74 Å². The van der Waals surface area contributed by atoms with Gasteiger partial charge < -0.3 is 0 Å². The first-order valence-corrected chi connectivity index (χ1v) is 4.14. The Bertz CT molecular complexity index is 279. The molecule has 0 spiro atoms. The highest BCUT2D eigenvalue weighted by atomic mass is 79.9. The Hall–Kier alpha value is -0.340. The highest BCUT2D eigenvalue weighted by Crippen LogP contribution is 2.20. The van der Waals surface area contributed by atoms with Crippen LogP contribution < -0.4 is 0 Å². The standard InChI is InChI=1S/C8H5BrClF/c9-8(11)5-6-3-1-2-4-7(6)10/h1-5H/b8-5-. The topological polar surface area (TPSA) is 0 Å². The second-order valence-corrected chi connectivity index (χ2v) is 3.12. The van der Waals surface area contributed by atoms with Crippen LogP contribution in [0.4, 0.5) is 4.39 Å². The first-order valence-electron chi connectivity index (χ1n) is 2.97. The minimum absolute atomic E-state index is 0.425. The van der Waals surface area contributed by atoms with E-state index in [1.54, 1.807) is 24.3 Å². The van der Waals surface area contributed by atoms with E-state index in [0.29, 0.717) is 10.6 Å². The molecule has 0 unspecified atom stereocenters. The largest absolute Gasteiger partial charge is 0.199 e. The Morgan fingerprint density at radius 3 is 2.64 bits per heavy atom. The Balaban J connectivity index is 3.04. The van der Waals surface area contributed by atoms with E-state index in [1.807, 2.05) is 0 Å². The van der Waals surface area contributed by atoms with Gasteiger partial charge in [-0.05, 0) is 33.6 Å². The second kappa shape index (κ2) is 3.88. The normalized spacial score (nSPS) is 11.7. The summed E-state index contributed by atoms with van der Waals surface area (Å²) in [6.07, 6.45) is 1.32. The minimum Gasteiger partial charge on any atom is -0.199 e. The van der Waals surface area contributed by atoms with Crippen LogP contribution in [-0.4, -0.2) is 0 Å². The molecule has 0 bridgehead atoms. The van der Waals surface area contributed by atoms with Crippen molar-refractivity contribution in [2.45, 2.75) is 0 Å². The summed E-state index contributed by atoms with van der Waals surface area (Å²) in [5, 5.41) is 0.544. The van der Waals surface area contributed by atoms with E-state index in [-0.39, 0.29) is 0 Å². The molecule has 0 aromatic heterocycles. The fraction of sp³-hybridized carbons (Fsp3) is 0. The van der Waals surface area contributed by atoms with Gasteiger partial charge in [-0.25, -0.2) is 0 Å². The highest BCUT2D eigenvalue weighted by molar-refractivity contribution is 9.11. The van der Waals surface area contributed by atoms with E-state index in [9.17, 15) is 4.39 Å². The van der Waals surface area contributed by atoms with Gasteiger partial charge in [0.2, 0.25) is 0 Å². The van der Waals surface area contributed by atoms with Crippen LogP contribution in [0.3, 0.4) is 0 Å². The van der Waals surface area contributed by atoms with Crippen molar-refractivity contribution in [1.82, 2.24) is 0 Å². The predicted octanol–water partition coefficient (Wildman–Crippen LogP) is 4.00. The zero-order chi connectivity index (χ0) is 8.27. The lowest BCUT2D eigenvalue weighted by Crippen LogP contribution is -1.72. The number of benzene rings is 1. The molecule has 0 nitrogen and oxygen atoms in total. The average molecular weight is 235 g/mol. The lowest BCUT2D eigenvalue weighted by Gasteiger charge is -1.94. The van der Waals surface area contributed by atoms with E-state index in [4.69, 9.17) is 11.6 Å². The minimum atomic E-state index is -0.425. The van der Waals surface area contributed by atoms with Crippen molar-refractivity contribution in [3.05, 3.63) is 39.6 Å². The molecule has 3 heteroatoms. The predicted molar refractivity (Wildman–Crippen MR) is 49.5 cm³/mol. The zero-order valence-corrected chi connectivity index (χ0v) is 7.86. The highest BCUT2D eigenvalue weighted by Gasteiger charge is 1.95. The van der Waals surface area contributed by atoms with Crippen LogP contribution in [0.15, 0.2) is 29.0 Å². The molecule has 0 heterocycles. The van der Waals surface area contributed by atoms with E-state index in [0.717, 1.165) is 0 Å². The summed E-state index contributed by atoms with van der Waals surface area (Å²) < 4.78 is 11.9. The van der Waals surface area contributed by atoms with Crippen molar-refractivity contribution in [1.29, 1.82) is 0 Å². The van der Waals surface area contributed by atoms with Gasteiger partial charge in [0, 0.05) is 5.02 Å². The molecule has 0 aliphatic heterocycles. The number of halogens is 3. The van der Waals surface area contributed by atoms with Gasteiger partial charge in [-0.3, -0.25) is 0 Å². The van der Waals surface area contributed by atoms with Crippen molar-refractivity contribution >= 4 is 33.6 Å². The molecular formula is C8H5BrClF. The van der Waals surface area contributed by atoms with E-state index in [2.05, 4.69) is 15.9 Å². The molecule has 1 rings (SSSR count). The summed E-state index contributed by atoms with van der Waals surface area (Å²) >= 11 is 8.42. The first-order chi connectivity index (χ1) is 5.20. The fourth-order valence-corrected chi connectivity index (χ4v) is 1.15. The molecule has 0 saturated heterocycles. The molecule has 0 saturated carbocycles. The summed E-state index contributed by atoms with van der Waals surface area (Å²) in [7, 11) is 0. The molecule has 0 radical (unpaired) electrons. The third-order valence-electron chi connectivity index (χ3n) is 1.17. The zero-order valence-electron chi connectivity index (χ0n) is 5.52. The molecule has 58 valence electrons. The third kappa shape index (κ3) is 2.64. The molecule has 1 aromatic rings. The molecule has 0 aliphatic carbocycles. The lowest BCUT2D eigenvalue weighted by atomic mass is 10.2. The Morgan fingerprint density at radius 2 is 2.09 bits per heavy atom. The van der Waals surface area contributed by atoms with Crippen LogP contribution in [-0.2, 0) is 0 Å². The van der Waals surface area contributed by atoms with Gasteiger partial charge in [-0.1, -0.05) is 29.8 Å². The molecule has 0 aliphatic rings. The summed E-state index contributed by atoms with van der Waals surface area (Å²) in [4.78, 5) is 0. The van der Waals surface area contributed by atoms with Gasteiger partial charge >= 0.3 is 0 Å². The van der Waals surface area contributed by atoms with Crippen LogP contribution in [0, 0.1) is 0 Å². The summed E-state index contributed by atoms with van der Waals surface area (Å²) in [5.74, 6) is 0. The fourth-order valence-electron chi connectivity index (χ4n) is 0.710. The quantitative estimate of drug-likeness (QED) is 0.690. The second-order valence-electron chi connectivity index (χ2n) is 1.96. The molecule has 11 heavy (non-hydrogen) atoms.